The molecule has 1 aromatic carbocycles. The first kappa shape index (κ1) is 14.1. The smallest absolute Gasteiger partial charge is 0.381 e. The maximum Gasteiger partial charge on any atom is 0.381 e. The number of rotatable bonds is 4. The van der Waals surface area contributed by atoms with Gasteiger partial charge in [0.1, 0.15) is 0 Å². The summed E-state index contributed by atoms with van der Waals surface area (Å²) < 4.78 is 32.7. The molecule has 5 heteroatoms. The number of esters is 1. The molecule has 0 aromatic heterocycles. The lowest BCUT2D eigenvalue weighted by atomic mass is 10.00. The van der Waals surface area contributed by atoms with Crippen LogP contribution in [0.1, 0.15) is 25.0 Å². The molecule has 0 aliphatic heterocycles. The normalized spacial score (nSPS) is 11.4. The van der Waals surface area contributed by atoms with Gasteiger partial charge in [-0.1, -0.05) is 28.9 Å². The third-order valence-electron chi connectivity index (χ3n) is 2.32. The van der Waals surface area contributed by atoms with Crippen LogP contribution < -0.4 is 0 Å². The third-order valence-corrected chi connectivity index (χ3v) is 2.81. The van der Waals surface area contributed by atoms with E-state index >= 15 is 0 Å². The van der Waals surface area contributed by atoms with Crippen LogP contribution in [0.4, 0.5) is 8.78 Å². The second kappa shape index (κ2) is 5.58. The molecular formula is C12H13BrF2O2. The highest BCUT2D eigenvalue weighted by atomic mass is 79.9. The van der Waals surface area contributed by atoms with Gasteiger partial charge >= 0.3 is 11.9 Å². The Labute approximate surface area is 107 Å². The molecular weight excluding hydrogens is 294 g/mol. The number of carbonyl (C=O) groups excluding carboxylic acids is 1. The van der Waals surface area contributed by atoms with E-state index in [0.29, 0.717) is 16.5 Å². The van der Waals surface area contributed by atoms with E-state index in [0.717, 1.165) is 0 Å². The number of aryl methyl sites for hydroxylation is 1. The van der Waals surface area contributed by atoms with Crippen molar-refractivity contribution in [1.82, 2.24) is 0 Å². The summed E-state index contributed by atoms with van der Waals surface area (Å²) in [7, 11) is 0. The minimum absolute atomic E-state index is 0.0631. The van der Waals surface area contributed by atoms with E-state index < -0.39 is 11.9 Å². The van der Waals surface area contributed by atoms with Crippen LogP contribution in [0.25, 0.3) is 0 Å². The van der Waals surface area contributed by atoms with Crippen LogP contribution in [0, 0.1) is 0 Å². The van der Waals surface area contributed by atoms with Gasteiger partial charge in [-0.2, -0.15) is 8.78 Å². The minimum atomic E-state index is -3.60. The van der Waals surface area contributed by atoms with Gasteiger partial charge in [0.2, 0.25) is 0 Å². The van der Waals surface area contributed by atoms with Gasteiger partial charge in [-0.25, -0.2) is 4.79 Å². The Morgan fingerprint density at radius 2 is 2.06 bits per heavy atom. The topological polar surface area (TPSA) is 26.3 Å². The van der Waals surface area contributed by atoms with E-state index in [1.807, 2.05) is 0 Å². The molecule has 0 spiro atoms. The van der Waals surface area contributed by atoms with Crippen molar-refractivity contribution in [2.45, 2.75) is 26.2 Å². The van der Waals surface area contributed by atoms with Crippen LogP contribution in [0.15, 0.2) is 22.7 Å². The van der Waals surface area contributed by atoms with Crippen LogP contribution in [-0.4, -0.2) is 12.6 Å². The molecule has 0 amide bonds. The van der Waals surface area contributed by atoms with E-state index in [2.05, 4.69) is 20.7 Å². The average molecular weight is 307 g/mol. The van der Waals surface area contributed by atoms with Crippen molar-refractivity contribution < 1.29 is 18.3 Å². The zero-order valence-corrected chi connectivity index (χ0v) is 11.2. The molecule has 0 unspecified atom stereocenters. The van der Waals surface area contributed by atoms with E-state index in [1.54, 1.807) is 13.0 Å². The first-order valence-corrected chi connectivity index (χ1v) is 6.06. The highest BCUT2D eigenvalue weighted by Gasteiger charge is 2.43. The Balaban J connectivity index is 3.18. The molecule has 0 fully saturated rings. The second-order valence-corrected chi connectivity index (χ2v) is 4.37. The zero-order valence-electron chi connectivity index (χ0n) is 9.60. The molecule has 0 N–H and O–H groups in total. The largest absolute Gasteiger partial charge is 0.461 e. The van der Waals surface area contributed by atoms with Gasteiger partial charge in [0, 0.05) is 10.0 Å². The quantitative estimate of drug-likeness (QED) is 0.793. The molecule has 0 saturated heterocycles. The van der Waals surface area contributed by atoms with Crippen molar-refractivity contribution in [3.8, 4) is 0 Å². The van der Waals surface area contributed by atoms with E-state index in [9.17, 15) is 13.6 Å². The summed E-state index contributed by atoms with van der Waals surface area (Å²) in [6.45, 7) is 3.19. The Bertz CT molecular complexity index is 419. The van der Waals surface area contributed by atoms with Crippen molar-refractivity contribution >= 4 is 21.9 Å². The van der Waals surface area contributed by atoms with E-state index in [-0.39, 0.29) is 12.2 Å². The van der Waals surface area contributed by atoms with Crippen molar-refractivity contribution in [3.63, 3.8) is 0 Å². The maximum absolute atomic E-state index is 13.8. The van der Waals surface area contributed by atoms with Crippen molar-refractivity contribution in [3.05, 3.63) is 33.8 Å². The molecule has 94 valence electrons. The Morgan fingerprint density at radius 1 is 1.41 bits per heavy atom. The van der Waals surface area contributed by atoms with E-state index in [4.69, 9.17) is 0 Å². The molecule has 0 aliphatic rings. The molecule has 0 saturated carbocycles. The van der Waals surface area contributed by atoms with Crippen LogP contribution >= 0.6 is 15.9 Å². The maximum atomic E-state index is 13.8. The fraction of sp³-hybridized carbons (Fsp3) is 0.417. The van der Waals surface area contributed by atoms with Gasteiger partial charge in [0.25, 0.3) is 0 Å². The molecule has 1 aromatic rings. The van der Waals surface area contributed by atoms with Gasteiger partial charge in [-0.15, -0.1) is 0 Å². The predicted octanol–water partition coefficient (Wildman–Crippen LogP) is 3.67. The summed E-state index contributed by atoms with van der Waals surface area (Å²) >= 11 is 3.21. The molecule has 2 nitrogen and oxygen atoms in total. The number of carbonyl (C=O) groups is 1. The number of halogens is 3. The molecule has 0 atom stereocenters. The summed E-state index contributed by atoms with van der Waals surface area (Å²) in [5, 5.41) is 0. The number of ether oxygens (including phenoxy) is 1. The predicted molar refractivity (Wildman–Crippen MR) is 64.0 cm³/mol. The summed E-state index contributed by atoms with van der Waals surface area (Å²) in [4.78, 5) is 11.2. The summed E-state index contributed by atoms with van der Waals surface area (Å²) in [6.07, 6.45) is 0.420. The molecule has 0 bridgehead atoms. The van der Waals surface area contributed by atoms with Gasteiger partial charge in [-0.3, -0.25) is 0 Å². The summed E-state index contributed by atoms with van der Waals surface area (Å²) in [5.41, 5.74) is 0.138. The van der Waals surface area contributed by atoms with Gasteiger partial charge in [0.05, 0.1) is 6.61 Å². The zero-order chi connectivity index (χ0) is 13.1. The van der Waals surface area contributed by atoms with Crippen molar-refractivity contribution in [2.75, 3.05) is 6.61 Å². The Morgan fingerprint density at radius 3 is 2.59 bits per heavy atom. The van der Waals surface area contributed by atoms with Gasteiger partial charge < -0.3 is 4.74 Å². The summed E-state index contributed by atoms with van der Waals surface area (Å²) in [5.74, 6) is -5.10. The number of alkyl halides is 2. The summed E-state index contributed by atoms with van der Waals surface area (Å²) in [6, 6.07) is 4.32. The number of benzene rings is 1. The minimum Gasteiger partial charge on any atom is -0.461 e. The van der Waals surface area contributed by atoms with Crippen LogP contribution in [-0.2, 0) is 21.9 Å². The lowest BCUT2D eigenvalue weighted by Gasteiger charge is -2.18. The lowest BCUT2D eigenvalue weighted by molar-refractivity contribution is -0.173. The molecule has 0 heterocycles. The Hall–Kier alpha value is -0.970. The van der Waals surface area contributed by atoms with Crippen molar-refractivity contribution in [1.29, 1.82) is 0 Å². The number of hydrogen-bond donors (Lipinski definition) is 0. The SMILES string of the molecule is CCOC(=O)C(F)(F)c1ccc(Br)cc1CC. The molecule has 17 heavy (non-hydrogen) atoms. The van der Waals surface area contributed by atoms with Crippen LogP contribution in [0.5, 0.6) is 0 Å². The first-order chi connectivity index (χ1) is 7.93. The van der Waals surface area contributed by atoms with E-state index in [1.165, 1.54) is 19.1 Å². The average Bonchev–Trinajstić information content (AvgIpc) is 2.28. The highest BCUT2D eigenvalue weighted by Crippen LogP contribution is 2.33. The fourth-order valence-corrected chi connectivity index (χ4v) is 1.90. The molecule has 1 rings (SSSR count). The monoisotopic (exact) mass is 306 g/mol. The Kier molecular flexibility index (Phi) is 4.62. The molecule has 0 radical (unpaired) electrons. The lowest BCUT2D eigenvalue weighted by Crippen LogP contribution is -2.29. The van der Waals surface area contributed by atoms with Crippen molar-refractivity contribution in [2.24, 2.45) is 0 Å². The standard InChI is InChI=1S/C12H13BrF2O2/c1-3-8-7-9(13)5-6-10(8)12(14,15)11(16)17-4-2/h5-7H,3-4H2,1-2H3. The van der Waals surface area contributed by atoms with Crippen LogP contribution in [0.2, 0.25) is 0 Å². The highest BCUT2D eigenvalue weighted by molar-refractivity contribution is 9.10. The molecule has 0 aliphatic carbocycles. The fourth-order valence-electron chi connectivity index (χ4n) is 1.49. The third kappa shape index (κ3) is 3.03. The first-order valence-electron chi connectivity index (χ1n) is 5.27. The number of hydrogen-bond acceptors (Lipinski definition) is 2. The van der Waals surface area contributed by atoms with Gasteiger partial charge in [-0.05, 0) is 31.0 Å². The van der Waals surface area contributed by atoms with Gasteiger partial charge in [0.15, 0.2) is 0 Å². The van der Waals surface area contributed by atoms with Crippen LogP contribution in [0.3, 0.4) is 0 Å². The second-order valence-electron chi connectivity index (χ2n) is 3.45.